The molecule has 1 unspecified atom stereocenters. The Kier molecular flexibility index (Phi) is 8.12. The highest BCUT2D eigenvalue weighted by molar-refractivity contribution is 5.93. The van der Waals surface area contributed by atoms with Crippen LogP contribution in [-0.4, -0.2) is 46.2 Å². The minimum absolute atomic E-state index is 0.0291. The number of carbonyl (C=O) groups excluding carboxylic acids is 2. The summed E-state index contributed by atoms with van der Waals surface area (Å²) in [7, 11) is 0. The quantitative estimate of drug-likeness (QED) is 0.279. The number of hydrogen-bond acceptors (Lipinski definition) is 6. The van der Waals surface area contributed by atoms with E-state index in [9.17, 15) is 19.5 Å². The van der Waals surface area contributed by atoms with E-state index in [0.717, 1.165) is 5.56 Å². The molecule has 1 aromatic rings. The van der Waals surface area contributed by atoms with Crippen molar-refractivity contribution in [3.8, 4) is 11.8 Å². The van der Waals surface area contributed by atoms with Gasteiger partial charge in [-0.3, -0.25) is 14.4 Å². The molecule has 0 bridgehead atoms. The second-order valence-corrected chi connectivity index (χ2v) is 5.12. The lowest BCUT2D eigenvalue weighted by Gasteiger charge is -2.25. The molecular weight excluding hydrogens is 328 g/mol. The largest absolute Gasteiger partial charge is 0.481 e. The third-order valence-corrected chi connectivity index (χ3v) is 3.15. The van der Waals surface area contributed by atoms with Crippen LogP contribution in [0.1, 0.15) is 18.9 Å². The SMILES string of the molecule is CC#C[C@H](O)[C@@H](NC(=O)CC(=O)O)C(N)C(=O)OCc1ccccc1. The van der Waals surface area contributed by atoms with Gasteiger partial charge in [-0.15, -0.1) is 5.92 Å². The van der Waals surface area contributed by atoms with Gasteiger partial charge in [-0.05, 0) is 12.5 Å². The average Bonchev–Trinajstić information content (AvgIpc) is 2.57. The smallest absolute Gasteiger partial charge is 0.325 e. The lowest BCUT2D eigenvalue weighted by molar-refractivity contribution is -0.148. The molecular formula is C17H20N2O6. The molecule has 1 aromatic carbocycles. The molecule has 0 aliphatic carbocycles. The van der Waals surface area contributed by atoms with Crippen molar-refractivity contribution in [3.05, 3.63) is 35.9 Å². The van der Waals surface area contributed by atoms with Gasteiger partial charge in [0.2, 0.25) is 5.91 Å². The van der Waals surface area contributed by atoms with Crippen molar-refractivity contribution in [1.82, 2.24) is 5.32 Å². The molecule has 25 heavy (non-hydrogen) atoms. The van der Waals surface area contributed by atoms with Gasteiger partial charge < -0.3 is 26.0 Å². The fourth-order valence-electron chi connectivity index (χ4n) is 1.95. The molecule has 5 N–H and O–H groups in total. The van der Waals surface area contributed by atoms with Crippen molar-refractivity contribution in [2.24, 2.45) is 5.73 Å². The van der Waals surface area contributed by atoms with Gasteiger partial charge in [0.25, 0.3) is 0 Å². The maximum atomic E-state index is 12.1. The molecule has 3 atom stereocenters. The predicted octanol–water partition coefficient (Wildman–Crippen LogP) is -0.599. The lowest BCUT2D eigenvalue weighted by Crippen LogP contribution is -2.57. The Balaban J connectivity index is 2.76. The first-order valence-corrected chi connectivity index (χ1v) is 7.42. The van der Waals surface area contributed by atoms with Crippen LogP contribution in [0.15, 0.2) is 30.3 Å². The van der Waals surface area contributed by atoms with Crippen LogP contribution in [0.5, 0.6) is 0 Å². The molecule has 0 heterocycles. The van der Waals surface area contributed by atoms with E-state index in [2.05, 4.69) is 17.2 Å². The number of carboxylic acid groups (broad SMARTS) is 1. The van der Waals surface area contributed by atoms with Crippen molar-refractivity contribution in [1.29, 1.82) is 0 Å². The third-order valence-electron chi connectivity index (χ3n) is 3.15. The minimum atomic E-state index is -1.46. The Morgan fingerprint density at radius 1 is 1.28 bits per heavy atom. The summed E-state index contributed by atoms with van der Waals surface area (Å²) in [5.41, 5.74) is 6.51. The van der Waals surface area contributed by atoms with Crippen LogP contribution in [0.25, 0.3) is 0 Å². The van der Waals surface area contributed by atoms with E-state index < -0.39 is 42.5 Å². The number of aliphatic carboxylic acids is 1. The Labute approximate surface area is 145 Å². The van der Waals surface area contributed by atoms with E-state index in [1.807, 2.05) is 6.07 Å². The van der Waals surface area contributed by atoms with E-state index in [-0.39, 0.29) is 6.61 Å². The van der Waals surface area contributed by atoms with Gasteiger partial charge in [0.15, 0.2) is 0 Å². The summed E-state index contributed by atoms with van der Waals surface area (Å²) in [6, 6.07) is 6.15. The van der Waals surface area contributed by atoms with Gasteiger partial charge in [0.05, 0.1) is 6.04 Å². The monoisotopic (exact) mass is 348 g/mol. The van der Waals surface area contributed by atoms with Crippen molar-refractivity contribution in [2.75, 3.05) is 0 Å². The number of carboxylic acids is 1. The molecule has 8 nitrogen and oxygen atoms in total. The van der Waals surface area contributed by atoms with Crippen LogP contribution in [0, 0.1) is 11.8 Å². The molecule has 0 aromatic heterocycles. The standard InChI is InChI=1S/C17H20N2O6/c1-2-6-12(20)16(19-13(21)9-14(22)23)15(18)17(24)25-10-11-7-4-3-5-8-11/h3-5,7-8,12,15-16,20H,9-10,18H2,1H3,(H,19,21)(H,22,23)/t12-,15?,16+/m0/s1. The van der Waals surface area contributed by atoms with Gasteiger partial charge in [0, 0.05) is 0 Å². The molecule has 0 radical (unpaired) electrons. The van der Waals surface area contributed by atoms with E-state index in [1.54, 1.807) is 24.3 Å². The highest BCUT2D eigenvalue weighted by Gasteiger charge is 2.33. The number of benzene rings is 1. The van der Waals surface area contributed by atoms with Gasteiger partial charge in [0.1, 0.15) is 25.2 Å². The molecule has 0 aliphatic rings. The molecule has 0 saturated carbocycles. The summed E-state index contributed by atoms with van der Waals surface area (Å²) >= 11 is 0. The Hall–Kier alpha value is -2.89. The Bertz CT molecular complexity index is 665. The van der Waals surface area contributed by atoms with Crippen LogP contribution in [0.2, 0.25) is 0 Å². The molecule has 0 spiro atoms. The van der Waals surface area contributed by atoms with Crippen molar-refractivity contribution >= 4 is 17.8 Å². The number of amides is 1. The molecule has 0 aliphatic heterocycles. The first kappa shape index (κ1) is 20.2. The van der Waals surface area contributed by atoms with Crippen LogP contribution in [0.4, 0.5) is 0 Å². The first-order chi connectivity index (χ1) is 11.8. The normalized spacial score (nSPS) is 13.6. The van der Waals surface area contributed by atoms with Gasteiger partial charge in [-0.25, -0.2) is 0 Å². The summed E-state index contributed by atoms with van der Waals surface area (Å²) in [6.45, 7) is 1.43. The van der Waals surface area contributed by atoms with Crippen molar-refractivity contribution < 1.29 is 29.3 Å². The number of ether oxygens (including phenoxy) is 1. The summed E-state index contributed by atoms with van der Waals surface area (Å²) in [5, 5.41) is 20.8. The van der Waals surface area contributed by atoms with E-state index in [4.69, 9.17) is 15.6 Å². The Morgan fingerprint density at radius 3 is 2.48 bits per heavy atom. The number of aliphatic hydroxyl groups excluding tert-OH is 1. The number of rotatable bonds is 8. The number of nitrogens with one attached hydrogen (secondary N) is 1. The third kappa shape index (κ3) is 7.03. The zero-order chi connectivity index (χ0) is 18.8. The number of esters is 1. The summed E-state index contributed by atoms with van der Waals surface area (Å²) in [6.07, 6.45) is -2.28. The average molecular weight is 348 g/mol. The van der Waals surface area contributed by atoms with Crippen molar-refractivity contribution in [2.45, 2.75) is 38.1 Å². The van der Waals surface area contributed by atoms with Gasteiger partial charge in [-0.2, -0.15) is 0 Å². The lowest BCUT2D eigenvalue weighted by atomic mass is 10.0. The highest BCUT2D eigenvalue weighted by Crippen LogP contribution is 2.05. The zero-order valence-corrected chi connectivity index (χ0v) is 13.6. The predicted molar refractivity (Wildman–Crippen MR) is 87.9 cm³/mol. The van der Waals surface area contributed by atoms with Crippen LogP contribution < -0.4 is 11.1 Å². The second kappa shape index (κ2) is 10.1. The summed E-state index contributed by atoms with van der Waals surface area (Å²) < 4.78 is 5.07. The molecule has 134 valence electrons. The number of carbonyl (C=O) groups is 3. The fraction of sp³-hybridized carbons (Fsp3) is 0.353. The summed E-state index contributed by atoms with van der Waals surface area (Å²) in [5.74, 6) is 1.69. The zero-order valence-electron chi connectivity index (χ0n) is 13.6. The second-order valence-electron chi connectivity index (χ2n) is 5.12. The summed E-state index contributed by atoms with van der Waals surface area (Å²) in [4.78, 5) is 34.3. The molecule has 8 heteroatoms. The Morgan fingerprint density at radius 2 is 1.92 bits per heavy atom. The number of nitrogens with two attached hydrogens (primary N) is 1. The first-order valence-electron chi connectivity index (χ1n) is 7.42. The number of hydrogen-bond donors (Lipinski definition) is 4. The topological polar surface area (TPSA) is 139 Å². The van der Waals surface area contributed by atoms with E-state index >= 15 is 0 Å². The number of aliphatic hydroxyl groups is 1. The van der Waals surface area contributed by atoms with Crippen LogP contribution >= 0.6 is 0 Å². The van der Waals surface area contributed by atoms with E-state index in [1.165, 1.54) is 6.92 Å². The molecule has 0 saturated heterocycles. The highest BCUT2D eigenvalue weighted by atomic mass is 16.5. The molecule has 1 amide bonds. The fourth-order valence-corrected chi connectivity index (χ4v) is 1.95. The van der Waals surface area contributed by atoms with E-state index in [0.29, 0.717) is 0 Å². The molecule has 1 rings (SSSR count). The minimum Gasteiger partial charge on any atom is -0.481 e. The molecule has 0 fully saturated rings. The maximum absolute atomic E-state index is 12.1. The van der Waals surface area contributed by atoms with Crippen LogP contribution in [-0.2, 0) is 25.7 Å². The maximum Gasteiger partial charge on any atom is 0.325 e. The van der Waals surface area contributed by atoms with Crippen LogP contribution in [0.3, 0.4) is 0 Å². The van der Waals surface area contributed by atoms with Gasteiger partial charge >= 0.3 is 11.9 Å². The van der Waals surface area contributed by atoms with Gasteiger partial charge in [-0.1, -0.05) is 36.3 Å². The van der Waals surface area contributed by atoms with Crippen molar-refractivity contribution in [3.63, 3.8) is 0 Å².